The molecule has 1 N–H and O–H groups in total. The first-order chi connectivity index (χ1) is 7.79. The van der Waals surface area contributed by atoms with E-state index in [9.17, 15) is 9.59 Å². The molecule has 2 rings (SSSR count). The molecule has 0 atom stereocenters. The summed E-state index contributed by atoms with van der Waals surface area (Å²) in [4.78, 5) is 28.2. The molecule has 0 aromatic carbocycles. The van der Waals surface area contributed by atoms with Gasteiger partial charge in [0.1, 0.15) is 5.56 Å². The highest BCUT2D eigenvalue weighted by molar-refractivity contribution is 5.93. The Morgan fingerprint density at radius 2 is 1.88 bits per heavy atom. The number of carbonyl (C=O) groups is 1. The van der Waals surface area contributed by atoms with Crippen molar-refractivity contribution >= 4 is 5.91 Å². The van der Waals surface area contributed by atoms with Crippen LogP contribution >= 0.6 is 0 Å². The predicted molar refractivity (Wildman–Crippen MR) is 61.4 cm³/mol. The molecule has 0 spiro atoms. The Kier molecular flexibility index (Phi) is 3.39. The number of nitrogens with zero attached hydrogens (tertiary/aromatic N) is 1. The summed E-state index contributed by atoms with van der Waals surface area (Å²) in [6.45, 7) is 1.54. The number of aromatic nitrogens is 1. The number of likely N-dealkylation sites (tertiary alicyclic amines) is 1. The third-order valence-electron chi connectivity index (χ3n) is 2.95. The van der Waals surface area contributed by atoms with Crippen molar-refractivity contribution in [1.29, 1.82) is 0 Å². The SMILES string of the molecule is O=C(c1c[nH]ccc1=O)N1CCCCCC1. The van der Waals surface area contributed by atoms with Crippen LogP contribution in [0.2, 0.25) is 0 Å². The Hall–Kier alpha value is -1.58. The molecule has 0 unspecified atom stereocenters. The molecule has 4 nitrogen and oxygen atoms in total. The van der Waals surface area contributed by atoms with E-state index in [-0.39, 0.29) is 16.9 Å². The summed E-state index contributed by atoms with van der Waals surface area (Å²) in [7, 11) is 0. The molecular weight excluding hydrogens is 204 g/mol. The third-order valence-corrected chi connectivity index (χ3v) is 2.95. The standard InChI is InChI=1S/C12H16N2O2/c15-11-5-6-13-9-10(11)12(16)14-7-3-1-2-4-8-14/h5-6,9H,1-4,7-8H2,(H,13,15). The summed E-state index contributed by atoms with van der Waals surface area (Å²) in [6, 6.07) is 1.39. The number of amides is 1. The quantitative estimate of drug-likeness (QED) is 0.777. The molecule has 0 radical (unpaired) electrons. The highest BCUT2D eigenvalue weighted by Crippen LogP contribution is 2.11. The maximum atomic E-state index is 12.1. The van der Waals surface area contributed by atoms with Gasteiger partial charge in [0.25, 0.3) is 5.91 Å². The smallest absolute Gasteiger partial charge is 0.259 e. The summed E-state index contributed by atoms with van der Waals surface area (Å²) in [5, 5.41) is 0. The maximum absolute atomic E-state index is 12.1. The second-order valence-electron chi connectivity index (χ2n) is 4.13. The lowest BCUT2D eigenvalue weighted by molar-refractivity contribution is 0.0760. The Labute approximate surface area is 94.3 Å². The van der Waals surface area contributed by atoms with Gasteiger partial charge >= 0.3 is 0 Å². The zero-order chi connectivity index (χ0) is 11.4. The molecule has 1 amide bonds. The Bertz CT molecular complexity index is 417. The molecule has 1 fully saturated rings. The van der Waals surface area contributed by atoms with Gasteiger partial charge in [0.05, 0.1) is 0 Å². The number of aromatic amines is 1. The van der Waals surface area contributed by atoms with Gasteiger partial charge in [-0.2, -0.15) is 0 Å². The number of nitrogens with one attached hydrogen (secondary N) is 1. The van der Waals surface area contributed by atoms with Crippen LogP contribution in [-0.2, 0) is 0 Å². The van der Waals surface area contributed by atoms with E-state index in [0.29, 0.717) is 0 Å². The van der Waals surface area contributed by atoms with Crippen molar-refractivity contribution in [2.75, 3.05) is 13.1 Å². The summed E-state index contributed by atoms with van der Waals surface area (Å²) >= 11 is 0. The van der Waals surface area contributed by atoms with Crippen LogP contribution in [-0.4, -0.2) is 28.9 Å². The van der Waals surface area contributed by atoms with E-state index >= 15 is 0 Å². The molecule has 1 aliphatic heterocycles. The van der Waals surface area contributed by atoms with Crippen LogP contribution in [0.25, 0.3) is 0 Å². The number of H-pyrrole nitrogens is 1. The van der Waals surface area contributed by atoms with E-state index in [2.05, 4.69) is 4.98 Å². The molecule has 2 heterocycles. The second kappa shape index (κ2) is 4.96. The number of hydrogen-bond acceptors (Lipinski definition) is 2. The fourth-order valence-electron chi connectivity index (χ4n) is 2.03. The molecule has 0 bridgehead atoms. The number of rotatable bonds is 1. The predicted octanol–water partition coefficient (Wildman–Crippen LogP) is 1.39. The average Bonchev–Trinajstić information content (AvgIpc) is 2.57. The third kappa shape index (κ3) is 2.32. The zero-order valence-corrected chi connectivity index (χ0v) is 9.24. The van der Waals surface area contributed by atoms with E-state index in [1.807, 2.05) is 0 Å². The van der Waals surface area contributed by atoms with Crippen LogP contribution in [0.1, 0.15) is 36.0 Å². The first-order valence-electron chi connectivity index (χ1n) is 5.75. The van der Waals surface area contributed by atoms with Gasteiger partial charge in [-0.05, 0) is 12.8 Å². The van der Waals surface area contributed by atoms with Crippen molar-refractivity contribution in [2.45, 2.75) is 25.7 Å². The van der Waals surface area contributed by atoms with Crippen LogP contribution in [0.4, 0.5) is 0 Å². The average molecular weight is 220 g/mol. The van der Waals surface area contributed by atoms with Crippen LogP contribution in [0.3, 0.4) is 0 Å². The maximum Gasteiger partial charge on any atom is 0.259 e. The van der Waals surface area contributed by atoms with Gasteiger partial charge < -0.3 is 9.88 Å². The van der Waals surface area contributed by atoms with Crippen molar-refractivity contribution in [1.82, 2.24) is 9.88 Å². The lowest BCUT2D eigenvalue weighted by Gasteiger charge is -2.19. The van der Waals surface area contributed by atoms with Crippen LogP contribution < -0.4 is 5.43 Å². The topological polar surface area (TPSA) is 53.2 Å². The molecule has 4 heteroatoms. The van der Waals surface area contributed by atoms with E-state index in [1.54, 1.807) is 11.1 Å². The summed E-state index contributed by atoms with van der Waals surface area (Å²) < 4.78 is 0. The second-order valence-corrected chi connectivity index (χ2v) is 4.13. The molecule has 16 heavy (non-hydrogen) atoms. The fraction of sp³-hybridized carbons (Fsp3) is 0.500. The fourth-order valence-corrected chi connectivity index (χ4v) is 2.03. The Morgan fingerprint density at radius 3 is 2.50 bits per heavy atom. The van der Waals surface area contributed by atoms with Gasteiger partial charge in [-0.25, -0.2) is 0 Å². The van der Waals surface area contributed by atoms with Gasteiger partial charge in [0.15, 0.2) is 5.43 Å². The first kappa shape index (κ1) is 10.9. The van der Waals surface area contributed by atoms with Gasteiger partial charge in [-0.1, -0.05) is 12.8 Å². The van der Waals surface area contributed by atoms with Gasteiger partial charge in [0.2, 0.25) is 0 Å². The van der Waals surface area contributed by atoms with Crippen molar-refractivity contribution in [3.63, 3.8) is 0 Å². The number of pyridine rings is 1. The Balaban J connectivity index is 2.18. The van der Waals surface area contributed by atoms with E-state index < -0.39 is 0 Å². The Morgan fingerprint density at radius 1 is 1.19 bits per heavy atom. The van der Waals surface area contributed by atoms with E-state index in [4.69, 9.17) is 0 Å². The van der Waals surface area contributed by atoms with Gasteiger partial charge in [-0.3, -0.25) is 9.59 Å². The molecule has 1 saturated heterocycles. The molecule has 86 valence electrons. The van der Waals surface area contributed by atoms with Gasteiger partial charge in [-0.15, -0.1) is 0 Å². The summed E-state index contributed by atoms with van der Waals surface area (Å²) in [5.41, 5.74) is 0.0531. The molecule has 1 aromatic heterocycles. The first-order valence-corrected chi connectivity index (χ1v) is 5.75. The number of carbonyl (C=O) groups excluding carboxylic acids is 1. The van der Waals surface area contributed by atoms with Crippen LogP contribution in [0.15, 0.2) is 23.3 Å². The highest BCUT2D eigenvalue weighted by Gasteiger charge is 2.18. The molecule has 0 saturated carbocycles. The normalized spacial score (nSPS) is 16.9. The zero-order valence-electron chi connectivity index (χ0n) is 9.24. The number of hydrogen-bond donors (Lipinski definition) is 1. The van der Waals surface area contributed by atoms with Crippen molar-refractivity contribution in [3.8, 4) is 0 Å². The largest absolute Gasteiger partial charge is 0.367 e. The van der Waals surface area contributed by atoms with Crippen LogP contribution in [0, 0.1) is 0 Å². The monoisotopic (exact) mass is 220 g/mol. The summed E-state index contributed by atoms with van der Waals surface area (Å²) in [6.07, 6.45) is 7.47. The molecular formula is C12H16N2O2. The highest BCUT2D eigenvalue weighted by atomic mass is 16.2. The van der Waals surface area contributed by atoms with Crippen molar-refractivity contribution in [3.05, 3.63) is 34.2 Å². The van der Waals surface area contributed by atoms with E-state index in [0.717, 1.165) is 25.9 Å². The molecule has 0 aliphatic carbocycles. The molecule has 1 aliphatic rings. The minimum Gasteiger partial charge on any atom is -0.367 e. The lowest BCUT2D eigenvalue weighted by atomic mass is 10.2. The van der Waals surface area contributed by atoms with Crippen LogP contribution in [0.5, 0.6) is 0 Å². The summed E-state index contributed by atoms with van der Waals surface area (Å²) in [5.74, 6) is -0.135. The van der Waals surface area contributed by atoms with Crippen molar-refractivity contribution < 1.29 is 4.79 Å². The van der Waals surface area contributed by atoms with E-state index in [1.165, 1.54) is 25.1 Å². The molecule has 1 aromatic rings. The van der Waals surface area contributed by atoms with Crippen molar-refractivity contribution in [2.24, 2.45) is 0 Å². The minimum absolute atomic E-state index is 0.135. The van der Waals surface area contributed by atoms with Gasteiger partial charge in [0, 0.05) is 31.5 Å². The lowest BCUT2D eigenvalue weighted by Crippen LogP contribution is -2.34. The minimum atomic E-state index is -0.201.